The van der Waals surface area contributed by atoms with Crippen molar-refractivity contribution in [2.45, 2.75) is 44.9 Å². The predicted octanol–water partition coefficient (Wildman–Crippen LogP) is 4.78. The van der Waals surface area contributed by atoms with Crippen LogP contribution in [0.3, 0.4) is 0 Å². The molecule has 0 atom stereocenters. The van der Waals surface area contributed by atoms with Crippen LogP contribution in [0.15, 0.2) is 59.5 Å². The molecule has 0 radical (unpaired) electrons. The van der Waals surface area contributed by atoms with E-state index in [0.717, 1.165) is 21.2 Å². The predicted molar refractivity (Wildman–Crippen MR) is 132 cm³/mol. The highest BCUT2D eigenvalue weighted by molar-refractivity contribution is 7.89. The number of nitrogens with zero attached hydrogens (tertiary/aromatic N) is 3. The zero-order valence-electron chi connectivity index (χ0n) is 19.5. The molecule has 1 amide bonds. The van der Waals surface area contributed by atoms with Crippen LogP contribution in [0.4, 0.5) is 5.82 Å². The van der Waals surface area contributed by atoms with E-state index in [1.165, 1.54) is 0 Å². The summed E-state index contributed by atoms with van der Waals surface area (Å²) >= 11 is 6.01. The maximum Gasteiger partial charge on any atom is 0.243 e. The van der Waals surface area contributed by atoms with Crippen LogP contribution < -0.4 is 5.32 Å². The van der Waals surface area contributed by atoms with Gasteiger partial charge in [0, 0.05) is 23.0 Å². The quantitative estimate of drug-likeness (QED) is 0.518. The highest BCUT2D eigenvalue weighted by Gasteiger charge is 2.27. The van der Waals surface area contributed by atoms with Gasteiger partial charge in [-0.25, -0.2) is 13.1 Å². The molecule has 3 rings (SSSR count). The molecule has 0 saturated heterocycles. The normalized spacial score (nSPS) is 12.2. The zero-order chi connectivity index (χ0) is 24.4. The van der Waals surface area contributed by atoms with Crippen LogP contribution in [-0.4, -0.2) is 41.5 Å². The first-order valence-electron chi connectivity index (χ1n) is 10.6. The van der Waals surface area contributed by atoms with Gasteiger partial charge in [0.2, 0.25) is 15.9 Å². The maximum absolute atomic E-state index is 13.0. The SMILES string of the molecule is CCN(CC(=O)Nc1cc(C(C)(C)C)nn1-c1ccc(Cl)cc1)S(=O)(=O)c1ccc(C)cc1. The summed E-state index contributed by atoms with van der Waals surface area (Å²) in [5, 5.41) is 8.09. The van der Waals surface area contributed by atoms with Gasteiger partial charge in [0.15, 0.2) is 0 Å². The Morgan fingerprint density at radius 3 is 2.24 bits per heavy atom. The van der Waals surface area contributed by atoms with Gasteiger partial charge in [0.05, 0.1) is 22.8 Å². The Balaban J connectivity index is 1.87. The molecule has 176 valence electrons. The number of aromatic nitrogens is 2. The molecule has 0 saturated carbocycles. The van der Waals surface area contributed by atoms with Crippen molar-refractivity contribution in [3.63, 3.8) is 0 Å². The second-order valence-corrected chi connectivity index (χ2v) is 11.2. The molecule has 0 spiro atoms. The molecule has 1 N–H and O–H groups in total. The Morgan fingerprint density at radius 2 is 1.70 bits per heavy atom. The van der Waals surface area contributed by atoms with E-state index in [4.69, 9.17) is 11.6 Å². The average molecular weight is 489 g/mol. The number of rotatable bonds is 7. The summed E-state index contributed by atoms with van der Waals surface area (Å²) in [5.41, 5.74) is 2.22. The number of nitrogens with one attached hydrogen (secondary N) is 1. The topological polar surface area (TPSA) is 84.3 Å². The molecule has 33 heavy (non-hydrogen) atoms. The summed E-state index contributed by atoms with van der Waals surface area (Å²) in [5.74, 6) is -0.000793. The van der Waals surface area contributed by atoms with E-state index >= 15 is 0 Å². The highest BCUT2D eigenvalue weighted by atomic mass is 35.5. The third-order valence-electron chi connectivity index (χ3n) is 5.15. The molecule has 0 unspecified atom stereocenters. The minimum absolute atomic E-state index is 0.156. The van der Waals surface area contributed by atoms with Crippen molar-refractivity contribution in [3.05, 3.63) is 70.9 Å². The second kappa shape index (κ2) is 9.67. The van der Waals surface area contributed by atoms with Crippen LogP contribution in [0.25, 0.3) is 5.69 Å². The minimum atomic E-state index is -3.80. The van der Waals surface area contributed by atoms with Crippen molar-refractivity contribution >= 4 is 33.3 Å². The highest BCUT2D eigenvalue weighted by Crippen LogP contribution is 2.27. The van der Waals surface area contributed by atoms with Gasteiger partial charge in [-0.05, 0) is 43.3 Å². The summed E-state index contributed by atoms with van der Waals surface area (Å²) in [6.45, 7) is 9.52. The van der Waals surface area contributed by atoms with E-state index in [-0.39, 0.29) is 23.4 Å². The number of likely N-dealkylation sites (N-methyl/N-ethyl adjacent to an activating group) is 1. The van der Waals surface area contributed by atoms with E-state index in [2.05, 4.69) is 10.4 Å². The lowest BCUT2D eigenvalue weighted by atomic mass is 9.92. The Morgan fingerprint density at radius 1 is 1.09 bits per heavy atom. The number of aryl methyl sites for hydroxylation is 1. The number of halogens is 1. The molecule has 1 aromatic heterocycles. The third-order valence-corrected chi connectivity index (χ3v) is 7.33. The number of benzene rings is 2. The second-order valence-electron chi connectivity index (χ2n) is 8.85. The summed E-state index contributed by atoms with van der Waals surface area (Å²) in [4.78, 5) is 13.1. The fourth-order valence-corrected chi connectivity index (χ4v) is 4.72. The lowest BCUT2D eigenvalue weighted by Crippen LogP contribution is -2.38. The van der Waals surface area contributed by atoms with Crippen molar-refractivity contribution in [1.82, 2.24) is 14.1 Å². The van der Waals surface area contributed by atoms with E-state index in [9.17, 15) is 13.2 Å². The number of carbonyl (C=O) groups excluding carboxylic acids is 1. The molecule has 1 heterocycles. The molecule has 7 nitrogen and oxygen atoms in total. The Hall–Kier alpha value is -2.68. The zero-order valence-corrected chi connectivity index (χ0v) is 21.0. The van der Waals surface area contributed by atoms with Crippen molar-refractivity contribution in [2.75, 3.05) is 18.4 Å². The van der Waals surface area contributed by atoms with Gasteiger partial charge >= 0.3 is 0 Å². The van der Waals surface area contributed by atoms with Gasteiger partial charge in [-0.15, -0.1) is 0 Å². The number of amides is 1. The molecule has 0 fully saturated rings. The maximum atomic E-state index is 13.0. The third kappa shape index (κ3) is 5.82. The van der Waals surface area contributed by atoms with E-state index in [0.29, 0.717) is 10.8 Å². The minimum Gasteiger partial charge on any atom is -0.309 e. The van der Waals surface area contributed by atoms with Gasteiger partial charge in [0.1, 0.15) is 5.82 Å². The average Bonchev–Trinajstić information content (AvgIpc) is 3.17. The van der Waals surface area contributed by atoms with Crippen LogP contribution in [0, 0.1) is 6.92 Å². The lowest BCUT2D eigenvalue weighted by molar-refractivity contribution is -0.116. The first-order chi connectivity index (χ1) is 15.4. The van der Waals surface area contributed by atoms with E-state index < -0.39 is 15.9 Å². The summed E-state index contributed by atoms with van der Waals surface area (Å²) in [6, 6.07) is 15.5. The van der Waals surface area contributed by atoms with Crippen LogP contribution in [0.2, 0.25) is 5.02 Å². The Bertz CT molecular complexity index is 1230. The Labute approximate surface area is 200 Å². The van der Waals surface area contributed by atoms with Crippen molar-refractivity contribution in [2.24, 2.45) is 0 Å². The standard InChI is InChI=1S/C24H29ClN4O3S/c1-6-28(33(31,32)20-13-7-17(2)8-14-20)16-23(30)26-22-15-21(24(3,4)5)27-29(22)19-11-9-18(25)10-12-19/h7-15H,6,16H2,1-5H3,(H,26,30). The molecule has 3 aromatic rings. The number of hydrogen-bond acceptors (Lipinski definition) is 4. The first kappa shape index (κ1) is 25.0. The molecule has 0 aliphatic heterocycles. The number of hydrogen-bond donors (Lipinski definition) is 1. The molecular weight excluding hydrogens is 460 g/mol. The van der Waals surface area contributed by atoms with Crippen molar-refractivity contribution in [1.29, 1.82) is 0 Å². The summed E-state index contributed by atoms with van der Waals surface area (Å²) in [6.07, 6.45) is 0. The van der Waals surface area contributed by atoms with E-state index in [1.807, 2.05) is 27.7 Å². The van der Waals surface area contributed by atoms with Crippen LogP contribution in [-0.2, 0) is 20.2 Å². The number of sulfonamides is 1. The molecule has 0 aliphatic carbocycles. The van der Waals surface area contributed by atoms with Crippen molar-refractivity contribution < 1.29 is 13.2 Å². The smallest absolute Gasteiger partial charge is 0.243 e. The van der Waals surface area contributed by atoms with Crippen LogP contribution >= 0.6 is 11.6 Å². The first-order valence-corrected chi connectivity index (χ1v) is 12.5. The van der Waals surface area contributed by atoms with Crippen LogP contribution in [0.1, 0.15) is 39.0 Å². The van der Waals surface area contributed by atoms with Gasteiger partial charge in [-0.2, -0.15) is 9.40 Å². The number of anilines is 1. The summed E-state index contributed by atoms with van der Waals surface area (Å²) < 4.78 is 28.8. The van der Waals surface area contributed by atoms with Gasteiger partial charge in [-0.3, -0.25) is 4.79 Å². The van der Waals surface area contributed by atoms with Gasteiger partial charge in [0.25, 0.3) is 0 Å². The van der Waals surface area contributed by atoms with Gasteiger partial charge in [-0.1, -0.05) is 57.0 Å². The van der Waals surface area contributed by atoms with Gasteiger partial charge < -0.3 is 5.32 Å². The lowest BCUT2D eigenvalue weighted by Gasteiger charge is -2.20. The monoisotopic (exact) mass is 488 g/mol. The molecule has 9 heteroatoms. The van der Waals surface area contributed by atoms with E-state index in [1.54, 1.807) is 66.2 Å². The molecular formula is C24H29ClN4O3S. The van der Waals surface area contributed by atoms with Crippen molar-refractivity contribution in [3.8, 4) is 5.69 Å². The Kier molecular flexibility index (Phi) is 7.31. The molecule has 0 aliphatic rings. The summed E-state index contributed by atoms with van der Waals surface area (Å²) in [7, 11) is -3.80. The molecule has 0 bridgehead atoms. The van der Waals surface area contributed by atoms with Crippen LogP contribution in [0.5, 0.6) is 0 Å². The number of carbonyl (C=O) groups is 1. The fourth-order valence-electron chi connectivity index (χ4n) is 3.18. The molecule has 2 aromatic carbocycles. The fraction of sp³-hybridized carbons (Fsp3) is 0.333. The largest absolute Gasteiger partial charge is 0.309 e.